The summed E-state index contributed by atoms with van der Waals surface area (Å²) in [4.78, 5) is 4.21. The van der Waals surface area contributed by atoms with E-state index >= 15 is 0 Å². The van der Waals surface area contributed by atoms with Crippen LogP contribution in [0.15, 0.2) is 47.6 Å². The van der Waals surface area contributed by atoms with E-state index in [2.05, 4.69) is 20.5 Å². The molecule has 0 radical (unpaired) electrons. The minimum absolute atomic E-state index is 0. The summed E-state index contributed by atoms with van der Waals surface area (Å²) in [6, 6.07) is 9.82. The van der Waals surface area contributed by atoms with Gasteiger partial charge in [-0.15, -0.1) is 34.2 Å². The van der Waals surface area contributed by atoms with E-state index < -0.39 is 11.7 Å². The highest BCUT2D eigenvalue weighted by molar-refractivity contribution is 14.0. The van der Waals surface area contributed by atoms with Crippen molar-refractivity contribution < 1.29 is 17.9 Å². The molecule has 1 aliphatic rings. The Morgan fingerprint density at radius 1 is 1.24 bits per heavy atom. The molecule has 3 N–H and O–H groups in total. The maximum absolute atomic E-state index is 12.9. The van der Waals surface area contributed by atoms with E-state index in [1.165, 1.54) is 10.5 Å². The van der Waals surface area contributed by atoms with E-state index in [1.54, 1.807) is 0 Å². The second-order valence-corrected chi connectivity index (χ2v) is 6.33. The first kappa shape index (κ1) is 21.1. The predicted molar refractivity (Wildman–Crippen MR) is 111 cm³/mol. The van der Waals surface area contributed by atoms with Crippen molar-refractivity contribution in [3.63, 3.8) is 0 Å². The zero-order valence-electron chi connectivity index (χ0n) is 15.1. The monoisotopic (exact) mass is 518 g/mol. The van der Waals surface area contributed by atoms with Gasteiger partial charge in [-0.3, -0.25) is 4.40 Å². The number of hydrogen-bond acceptors (Lipinski definition) is 4. The first-order valence-corrected chi connectivity index (χ1v) is 8.61. The van der Waals surface area contributed by atoms with Crippen molar-refractivity contribution >= 4 is 35.6 Å². The molecule has 154 valence electrons. The van der Waals surface area contributed by atoms with Gasteiger partial charge in [-0.1, -0.05) is 18.2 Å². The van der Waals surface area contributed by atoms with Crippen molar-refractivity contribution in [1.82, 2.24) is 19.9 Å². The van der Waals surface area contributed by atoms with Gasteiger partial charge in [0.25, 0.3) is 0 Å². The number of nitrogens with two attached hydrogens (primary N) is 1. The number of fused-ring (bicyclic) bond motifs is 2. The van der Waals surface area contributed by atoms with Crippen LogP contribution in [0.2, 0.25) is 0 Å². The number of aliphatic imine (C=N–C) groups is 1. The van der Waals surface area contributed by atoms with Gasteiger partial charge in [-0.2, -0.15) is 13.2 Å². The number of pyridine rings is 1. The van der Waals surface area contributed by atoms with Gasteiger partial charge in [-0.25, -0.2) is 4.99 Å². The molecule has 2 aromatic heterocycles. The summed E-state index contributed by atoms with van der Waals surface area (Å²) in [5.74, 6) is 1.23. The van der Waals surface area contributed by atoms with Crippen molar-refractivity contribution in [3.05, 3.63) is 59.5 Å². The highest BCUT2D eigenvalue weighted by Crippen LogP contribution is 2.31. The van der Waals surface area contributed by atoms with E-state index in [0.29, 0.717) is 12.3 Å². The van der Waals surface area contributed by atoms with Gasteiger partial charge in [0.1, 0.15) is 12.3 Å². The molecule has 1 atom stereocenters. The molecule has 3 aromatic rings. The molecule has 0 spiro atoms. The Morgan fingerprint density at radius 3 is 2.83 bits per heavy atom. The van der Waals surface area contributed by atoms with Crippen LogP contribution in [0.4, 0.5) is 13.2 Å². The number of para-hydroxylation sites is 1. The molecule has 0 saturated heterocycles. The van der Waals surface area contributed by atoms with Crippen LogP contribution in [0.25, 0.3) is 5.65 Å². The molecule has 3 heterocycles. The highest BCUT2D eigenvalue weighted by atomic mass is 127. The van der Waals surface area contributed by atoms with Crippen molar-refractivity contribution in [1.29, 1.82) is 0 Å². The first-order valence-electron chi connectivity index (χ1n) is 8.61. The third-order valence-electron chi connectivity index (χ3n) is 4.47. The molecule has 0 fully saturated rings. The van der Waals surface area contributed by atoms with Gasteiger partial charge in [0.2, 0.25) is 0 Å². The van der Waals surface area contributed by atoms with Crippen LogP contribution >= 0.6 is 24.0 Å². The Morgan fingerprint density at radius 2 is 2.03 bits per heavy atom. The second-order valence-electron chi connectivity index (χ2n) is 6.33. The molecule has 29 heavy (non-hydrogen) atoms. The Labute approximate surface area is 181 Å². The fraction of sp³-hybridized carbons (Fsp3) is 0.278. The summed E-state index contributed by atoms with van der Waals surface area (Å²) in [7, 11) is 0. The Bertz CT molecular complexity index is 1040. The number of nitrogens with one attached hydrogen (secondary N) is 1. The normalized spacial score (nSPS) is 16.7. The number of aromatic nitrogens is 3. The van der Waals surface area contributed by atoms with Gasteiger partial charge in [-0.05, 0) is 18.2 Å². The lowest BCUT2D eigenvalue weighted by Crippen LogP contribution is -2.37. The van der Waals surface area contributed by atoms with E-state index in [4.69, 9.17) is 10.5 Å². The summed E-state index contributed by atoms with van der Waals surface area (Å²) in [6.07, 6.45) is -2.77. The number of rotatable bonds is 3. The van der Waals surface area contributed by atoms with Crippen LogP contribution in [0.3, 0.4) is 0 Å². The smallest absolute Gasteiger partial charge is 0.417 e. The van der Waals surface area contributed by atoms with E-state index in [9.17, 15) is 13.2 Å². The molecule has 7 nitrogen and oxygen atoms in total. The summed E-state index contributed by atoms with van der Waals surface area (Å²) in [6.45, 7) is 0.545. The molecule has 4 rings (SSSR count). The number of halogens is 4. The fourth-order valence-corrected chi connectivity index (χ4v) is 3.09. The topological polar surface area (TPSA) is 89.8 Å². The standard InChI is InChI=1S/C18H17F3N6O.HI/c19-18(20,21)11-5-6-15-25-26-16(27(15)10-11)9-23-17(22)24-13-7-8-28-14-4-2-1-3-12(13)14;/h1-6,10,13H,7-9H2,(H3,22,23,24);1H. The number of nitrogens with zero attached hydrogens (tertiary/aromatic N) is 4. The van der Waals surface area contributed by atoms with Crippen molar-refractivity contribution in [2.75, 3.05) is 6.61 Å². The fourth-order valence-electron chi connectivity index (χ4n) is 3.09. The summed E-state index contributed by atoms with van der Waals surface area (Å²) in [5, 5.41) is 10.9. The lowest BCUT2D eigenvalue weighted by Gasteiger charge is -2.26. The Hall–Kier alpha value is -2.57. The summed E-state index contributed by atoms with van der Waals surface area (Å²) in [5.41, 5.74) is 6.49. The molecule has 1 aromatic carbocycles. The van der Waals surface area contributed by atoms with Crippen LogP contribution in [0, 0.1) is 0 Å². The molecule has 1 unspecified atom stereocenters. The van der Waals surface area contributed by atoms with Gasteiger partial charge in [0, 0.05) is 18.2 Å². The maximum atomic E-state index is 12.9. The van der Waals surface area contributed by atoms with Crippen molar-refractivity contribution in [2.24, 2.45) is 10.7 Å². The largest absolute Gasteiger partial charge is 0.493 e. The molecular weight excluding hydrogens is 500 g/mol. The quantitative estimate of drug-likeness (QED) is 0.316. The highest BCUT2D eigenvalue weighted by Gasteiger charge is 2.31. The maximum Gasteiger partial charge on any atom is 0.417 e. The Balaban J connectivity index is 0.00000240. The van der Waals surface area contributed by atoms with Crippen LogP contribution in [-0.2, 0) is 12.7 Å². The number of alkyl halides is 3. The number of ether oxygens (including phenoxy) is 1. The molecular formula is C18H18F3IN6O. The van der Waals surface area contributed by atoms with Crippen molar-refractivity contribution in [2.45, 2.75) is 25.2 Å². The Kier molecular flexibility index (Phi) is 6.15. The molecule has 11 heteroatoms. The van der Waals surface area contributed by atoms with Crippen LogP contribution < -0.4 is 15.8 Å². The van der Waals surface area contributed by atoms with Crippen LogP contribution in [-0.4, -0.2) is 27.2 Å². The van der Waals surface area contributed by atoms with E-state index in [0.717, 1.165) is 30.0 Å². The first-order chi connectivity index (χ1) is 13.4. The number of benzene rings is 1. The number of guanidine groups is 1. The van der Waals surface area contributed by atoms with E-state index in [-0.39, 0.29) is 48.3 Å². The van der Waals surface area contributed by atoms with Crippen LogP contribution in [0.1, 0.15) is 29.4 Å². The van der Waals surface area contributed by atoms with Gasteiger partial charge in [0.05, 0.1) is 18.2 Å². The second kappa shape index (κ2) is 8.43. The van der Waals surface area contributed by atoms with E-state index in [1.807, 2.05) is 24.3 Å². The molecule has 0 bridgehead atoms. The lowest BCUT2D eigenvalue weighted by molar-refractivity contribution is -0.137. The molecule has 0 saturated carbocycles. The predicted octanol–water partition coefficient (Wildman–Crippen LogP) is 3.29. The third kappa shape index (κ3) is 4.54. The summed E-state index contributed by atoms with van der Waals surface area (Å²) >= 11 is 0. The van der Waals surface area contributed by atoms with Gasteiger partial charge >= 0.3 is 6.18 Å². The lowest BCUT2D eigenvalue weighted by atomic mass is 10.0. The number of hydrogen-bond donors (Lipinski definition) is 2. The van der Waals surface area contributed by atoms with Crippen molar-refractivity contribution in [3.8, 4) is 5.75 Å². The van der Waals surface area contributed by atoms with Gasteiger partial charge in [0.15, 0.2) is 17.4 Å². The molecule has 0 aliphatic carbocycles. The third-order valence-corrected chi connectivity index (χ3v) is 4.47. The molecule has 0 amide bonds. The zero-order chi connectivity index (χ0) is 19.7. The SMILES string of the molecule is I.NC(=NCc1nnc2ccc(C(F)(F)F)cn12)NC1CCOc2ccccc21. The zero-order valence-corrected chi connectivity index (χ0v) is 17.4. The minimum Gasteiger partial charge on any atom is -0.493 e. The molecule has 1 aliphatic heterocycles. The summed E-state index contributed by atoms with van der Waals surface area (Å²) < 4.78 is 45.7. The minimum atomic E-state index is -4.45. The van der Waals surface area contributed by atoms with Crippen LogP contribution in [0.5, 0.6) is 5.75 Å². The average Bonchev–Trinajstić information content (AvgIpc) is 3.08. The van der Waals surface area contributed by atoms with Gasteiger partial charge < -0.3 is 15.8 Å². The average molecular weight is 518 g/mol.